The minimum Gasteiger partial charge on any atom is -0.459 e. The second kappa shape index (κ2) is 17.1. The van der Waals surface area contributed by atoms with Crippen LogP contribution < -0.4 is 11.0 Å². The SMILES string of the molecule is [C-]#[N+]CCOP(OC[C@H]1O[C@@H](n2ccc(NC(=O)c3ccccc3)nc2=O)CC1OC(=O)CCC(C)=O)N(C(C)C)C(C)C. The molecule has 1 saturated heterocycles. The maximum atomic E-state index is 13.0. The molecule has 2 heterocycles. The maximum Gasteiger partial charge on any atom is 0.351 e. The third-order valence-corrected chi connectivity index (χ3v) is 8.64. The van der Waals surface area contributed by atoms with E-state index in [4.69, 9.17) is 25.1 Å². The summed E-state index contributed by atoms with van der Waals surface area (Å²) in [7, 11) is -1.59. The number of esters is 1. The van der Waals surface area contributed by atoms with Crippen LogP contribution in [-0.4, -0.2) is 75.9 Å². The number of rotatable bonds is 16. The van der Waals surface area contributed by atoms with Gasteiger partial charge in [0.15, 0.2) is 0 Å². The molecule has 0 bridgehead atoms. The van der Waals surface area contributed by atoms with Gasteiger partial charge in [0, 0.05) is 36.7 Å². The number of carbonyl (C=O) groups is 3. The number of nitrogens with one attached hydrogen (secondary N) is 1. The Balaban J connectivity index is 1.78. The molecule has 238 valence electrons. The molecule has 4 atom stereocenters. The van der Waals surface area contributed by atoms with Gasteiger partial charge in [-0.15, -0.1) is 0 Å². The van der Waals surface area contributed by atoms with Gasteiger partial charge in [0.05, 0.1) is 13.0 Å². The largest absolute Gasteiger partial charge is 0.459 e. The summed E-state index contributed by atoms with van der Waals surface area (Å²) in [6, 6.07) is 10.2. The summed E-state index contributed by atoms with van der Waals surface area (Å²) in [4.78, 5) is 56.8. The zero-order valence-electron chi connectivity index (χ0n) is 25.7. The summed E-state index contributed by atoms with van der Waals surface area (Å²) < 4.78 is 27.4. The van der Waals surface area contributed by atoms with Crippen molar-refractivity contribution in [1.82, 2.24) is 14.2 Å². The summed E-state index contributed by atoms with van der Waals surface area (Å²) in [5.74, 6) is -1.03. The average Bonchev–Trinajstić information content (AvgIpc) is 3.36. The molecular weight excluding hydrogens is 589 g/mol. The molecular formula is C30H40N5O8P. The highest BCUT2D eigenvalue weighted by Crippen LogP contribution is 2.46. The van der Waals surface area contributed by atoms with Crippen LogP contribution in [0.25, 0.3) is 4.85 Å². The molecule has 2 aromatic rings. The summed E-state index contributed by atoms with van der Waals surface area (Å²) in [5.41, 5.74) is -0.249. The first kappa shape index (κ1) is 35.0. The van der Waals surface area contributed by atoms with Crippen molar-refractivity contribution < 1.29 is 32.9 Å². The van der Waals surface area contributed by atoms with Gasteiger partial charge in [-0.3, -0.25) is 14.2 Å². The maximum absolute atomic E-state index is 13.0. The Morgan fingerprint density at radius 3 is 2.45 bits per heavy atom. The van der Waals surface area contributed by atoms with Gasteiger partial charge in [0.2, 0.25) is 6.54 Å². The molecule has 3 rings (SSSR count). The van der Waals surface area contributed by atoms with E-state index in [2.05, 4.69) is 19.8 Å². The van der Waals surface area contributed by atoms with Crippen LogP contribution >= 0.6 is 8.53 Å². The second-order valence-corrected chi connectivity index (χ2v) is 12.2. The monoisotopic (exact) mass is 629 g/mol. The number of Topliss-reactive ketones (excluding diaryl/α,β-unsaturated/α-hetero) is 1. The molecule has 14 heteroatoms. The Hall–Kier alpha value is -3.53. The highest BCUT2D eigenvalue weighted by Gasteiger charge is 2.41. The van der Waals surface area contributed by atoms with Crippen molar-refractivity contribution in [3.63, 3.8) is 0 Å². The predicted molar refractivity (Wildman–Crippen MR) is 164 cm³/mol. The Morgan fingerprint density at radius 1 is 1.14 bits per heavy atom. The highest BCUT2D eigenvalue weighted by molar-refractivity contribution is 7.44. The molecule has 1 fully saturated rings. The van der Waals surface area contributed by atoms with E-state index in [1.807, 2.05) is 27.7 Å². The normalized spacial score (nSPS) is 18.8. The summed E-state index contributed by atoms with van der Waals surface area (Å²) in [6.45, 7) is 16.9. The minimum atomic E-state index is -1.59. The molecule has 1 aromatic heterocycles. The van der Waals surface area contributed by atoms with Gasteiger partial charge in [-0.05, 0) is 52.8 Å². The van der Waals surface area contributed by atoms with Crippen molar-refractivity contribution in [2.45, 2.75) is 84.4 Å². The standard InChI is InChI=1S/C30H40N5O8P/c1-20(2)35(21(3)4)44(40-17-15-31-6)41-19-25-24(43-28(37)13-12-22(5)36)18-27(42-25)34-16-14-26(33-30(34)39)32-29(38)23-10-8-7-9-11-23/h7-11,14,16,20-21,24-25,27H,12-13,15,17-19H2,1-5H3,(H,32,33,38,39)/t24?,25-,27-,44?/m1/s1. The molecule has 1 amide bonds. The quantitative estimate of drug-likeness (QED) is 0.123. The van der Waals surface area contributed by atoms with E-state index in [0.29, 0.717) is 5.56 Å². The zero-order chi connectivity index (χ0) is 32.2. The van der Waals surface area contributed by atoms with Crippen molar-refractivity contribution in [3.05, 3.63) is 70.1 Å². The van der Waals surface area contributed by atoms with Gasteiger partial charge in [0.1, 0.15) is 36.6 Å². The summed E-state index contributed by atoms with van der Waals surface area (Å²) >= 11 is 0. The number of amides is 1. The van der Waals surface area contributed by atoms with E-state index in [1.54, 1.807) is 30.3 Å². The molecule has 44 heavy (non-hydrogen) atoms. The van der Waals surface area contributed by atoms with Crippen LogP contribution in [-0.2, 0) is 28.1 Å². The lowest BCUT2D eigenvalue weighted by Gasteiger charge is -2.36. The Morgan fingerprint density at radius 2 is 1.84 bits per heavy atom. The third-order valence-electron chi connectivity index (χ3n) is 6.56. The zero-order valence-corrected chi connectivity index (χ0v) is 26.6. The number of anilines is 1. The van der Waals surface area contributed by atoms with Crippen LogP contribution in [0.2, 0.25) is 0 Å². The topological polar surface area (TPSA) is 143 Å². The molecule has 1 aromatic carbocycles. The lowest BCUT2D eigenvalue weighted by Crippen LogP contribution is -2.36. The molecule has 2 unspecified atom stereocenters. The summed E-state index contributed by atoms with van der Waals surface area (Å²) in [5, 5.41) is 2.61. The van der Waals surface area contributed by atoms with E-state index in [0.717, 1.165) is 0 Å². The highest BCUT2D eigenvalue weighted by atomic mass is 31.2. The molecule has 1 N–H and O–H groups in total. The van der Waals surface area contributed by atoms with Gasteiger partial charge >= 0.3 is 11.7 Å². The number of ether oxygens (including phenoxy) is 2. The van der Waals surface area contributed by atoms with Crippen LogP contribution in [0.4, 0.5) is 5.82 Å². The Labute approximate surface area is 258 Å². The van der Waals surface area contributed by atoms with Crippen molar-refractivity contribution >= 4 is 32.0 Å². The van der Waals surface area contributed by atoms with E-state index in [1.165, 1.54) is 23.8 Å². The molecule has 0 spiro atoms. The molecule has 1 aliphatic heterocycles. The van der Waals surface area contributed by atoms with Gasteiger partial charge in [-0.25, -0.2) is 16.0 Å². The van der Waals surface area contributed by atoms with Crippen LogP contribution in [0.5, 0.6) is 0 Å². The number of aromatic nitrogens is 2. The van der Waals surface area contributed by atoms with Crippen LogP contribution in [0.15, 0.2) is 47.4 Å². The summed E-state index contributed by atoms with van der Waals surface area (Å²) in [6.07, 6.45) is -0.828. The fourth-order valence-corrected chi connectivity index (χ4v) is 6.18. The molecule has 0 aliphatic carbocycles. The fraction of sp³-hybridized carbons (Fsp3) is 0.533. The molecule has 0 radical (unpaired) electrons. The lowest BCUT2D eigenvalue weighted by molar-refractivity contribution is -0.153. The van der Waals surface area contributed by atoms with Gasteiger partial charge in [-0.1, -0.05) is 18.2 Å². The number of benzene rings is 1. The van der Waals surface area contributed by atoms with Crippen molar-refractivity contribution in [3.8, 4) is 0 Å². The molecule has 13 nitrogen and oxygen atoms in total. The molecule has 0 saturated carbocycles. The third kappa shape index (κ3) is 10.3. The predicted octanol–water partition coefficient (Wildman–Crippen LogP) is 4.36. The Bertz CT molecular complexity index is 1360. The van der Waals surface area contributed by atoms with E-state index in [-0.39, 0.29) is 62.7 Å². The van der Waals surface area contributed by atoms with Gasteiger partial charge in [-0.2, -0.15) is 4.98 Å². The minimum absolute atomic E-state index is 0.0196. The van der Waals surface area contributed by atoms with Crippen LogP contribution in [0.1, 0.15) is 70.5 Å². The first-order valence-electron chi connectivity index (χ1n) is 14.5. The van der Waals surface area contributed by atoms with Gasteiger partial charge < -0.3 is 33.5 Å². The lowest BCUT2D eigenvalue weighted by atomic mass is 10.2. The Kier molecular flexibility index (Phi) is 13.6. The first-order chi connectivity index (χ1) is 21.0. The second-order valence-electron chi connectivity index (χ2n) is 10.7. The number of carbonyl (C=O) groups excluding carboxylic acids is 3. The first-order valence-corrected chi connectivity index (χ1v) is 15.6. The van der Waals surface area contributed by atoms with E-state index < -0.39 is 44.5 Å². The van der Waals surface area contributed by atoms with Gasteiger partial charge in [0.25, 0.3) is 14.4 Å². The molecule has 1 aliphatic rings. The number of nitrogens with zero attached hydrogens (tertiary/aromatic N) is 4. The number of ketones is 1. The van der Waals surface area contributed by atoms with Crippen LogP contribution in [0.3, 0.4) is 0 Å². The van der Waals surface area contributed by atoms with Crippen molar-refractivity contribution in [2.24, 2.45) is 0 Å². The average molecular weight is 630 g/mol. The van der Waals surface area contributed by atoms with Crippen molar-refractivity contribution in [1.29, 1.82) is 0 Å². The smallest absolute Gasteiger partial charge is 0.351 e. The van der Waals surface area contributed by atoms with E-state index in [9.17, 15) is 19.2 Å². The number of hydrogen-bond donors (Lipinski definition) is 1. The fourth-order valence-electron chi connectivity index (χ4n) is 4.58. The van der Waals surface area contributed by atoms with E-state index >= 15 is 0 Å². The van der Waals surface area contributed by atoms with Crippen LogP contribution in [0, 0.1) is 6.57 Å². The van der Waals surface area contributed by atoms with Crippen molar-refractivity contribution in [2.75, 3.05) is 25.1 Å². The number of hydrogen-bond acceptors (Lipinski definition) is 10.